The van der Waals surface area contributed by atoms with Crippen molar-refractivity contribution >= 4 is 5.82 Å². The Labute approximate surface area is 128 Å². The Morgan fingerprint density at radius 1 is 1.24 bits per heavy atom. The highest BCUT2D eigenvalue weighted by Crippen LogP contribution is 2.28. The van der Waals surface area contributed by atoms with Gasteiger partial charge in [0.25, 0.3) is 0 Å². The molecule has 0 aliphatic carbocycles. The number of nitrogens with two attached hydrogens (primary N) is 1. The van der Waals surface area contributed by atoms with Crippen LogP contribution in [0.1, 0.15) is 38.7 Å². The second kappa shape index (κ2) is 5.93. The van der Waals surface area contributed by atoms with Gasteiger partial charge in [-0.05, 0) is 36.3 Å². The SMILES string of the molecule is CC1(C)CN(Cc2ccc(N3CCCC3)nc2)CCC1N. The lowest BCUT2D eigenvalue weighted by molar-refractivity contribution is 0.0898. The van der Waals surface area contributed by atoms with Crippen LogP contribution in [0.5, 0.6) is 0 Å². The fourth-order valence-corrected chi connectivity index (χ4v) is 3.52. The van der Waals surface area contributed by atoms with Crippen LogP contribution < -0.4 is 10.6 Å². The van der Waals surface area contributed by atoms with Crippen molar-refractivity contribution in [2.75, 3.05) is 31.1 Å². The van der Waals surface area contributed by atoms with E-state index in [9.17, 15) is 0 Å². The minimum absolute atomic E-state index is 0.209. The van der Waals surface area contributed by atoms with E-state index in [1.165, 1.54) is 18.4 Å². The van der Waals surface area contributed by atoms with Gasteiger partial charge in [-0.1, -0.05) is 19.9 Å². The lowest BCUT2D eigenvalue weighted by Crippen LogP contribution is -2.52. The molecule has 1 aromatic rings. The summed E-state index contributed by atoms with van der Waals surface area (Å²) in [6.45, 7) is 10.0. The summed E-state index contributed by atoms with van der Waals surface area (Å²) in [4.78, 5) is 9.54. The molecule has 1 atom stereocenters. The number of pyridine rings is 1. The number of aromatic nitrogens is 1. The number of hydrogen-bond acceptors (Lipinski definition) is 4. The Balaban J connectivity index is 1.60. The third-order valence-electron chi connectivity index (χ3n) is 5.04. The summed E-state index contributed by atoms with van der Waals surface area (Å²) in [5, 5.41) is 0. The van der Waals surface area contributed by atoms with Crippen molar-refractivity contribution in [2.45, 2.75) is 45.7 Å². The Hall–Kier alpha value is -1.13. The van der Waals surface area contributed by atoms with Crippen molar-refractivity contribution in [3.63, 3.8) is 0 Å². The molecular weight excluding hydrogens is 260 g/mol. The predicted octanol–water partition coefficient (Wildman–Crippen LogP) is 2.24. The highest BCUT2D eigenvalue weighted by molar-refractivity contribution is 5.40. The maximum Gasteiger partial charge on any atom is 0.128 e. The van der Waals surface area contributed by atoms with Gasteiger partial charge in [0.1, 0.15) is 5.82 Å². The van der Waals surface area contributed by atoms with E-state index in [4.69, 9.17) is 5.73 Å². The highest BCUT2D eigenvalue weighted by Gasteiger charge is 2.33. The van der Waals surface area contributed by atoms with Gasteiger partial charge < -0.3 is 10.6 Å². The zero-order valence-electron chi connectivity index (χ0n) is 13.4. The number of nitrogens with zero attached hydrogens (tertiary/aromatic N) is 3. The summed E-state index contributed by atoms with van der Waals surface area (Å²) < 4.78 is 0. The minimum Gasteiger partial charge on any atom is -0.357 e. The second-order valence-electron chi connectivity index (χ2n) is 7.31. The van der Waals surface area contributed by atoms with E-state index >= 15 is 0 Å². The van der Waals surface area contributed by atoms with E-state index in [1.807, 2.05) is 0 Å². The largest absolute Gasteiger partial charge is 0.357 e. The average Bonchev–Trinajstić information content (AvgIpc) is 2.98. The highest BCUT2D eigenvalue weighted by atomic mass is 15.2. The van der Waals surface area contributed by atoms with Gasteiger partial charge in [-0.3, -0.25) is 4.90 Å². The summed E-state index contributed by atoms with van der Waals surface area (Å²) in [5.41, 5.74) is 7.73. The molecule has 0 radical (unpaired) electrons. The lowest BCUT2D eigenvalue weighted by atomic mass is 9.79. The minimum atomic E-state index is 0.209. The Morgan fingerprint density at radius 2 is 2.00 bits per heavy atom. The molecule has 2 aliphatic rings. The number of piperidine rings is 1. The van der Waals surface area contributed by atoms with Crippen LogP contribution in [0, 0.1) is 5.41 Å². The standard InChI is InChI=1S/C17H28N4/c1-17(2)13-20(10-7-15(17)18)12-14-5-6-16(19-11-14)21-8-3-4-9-21/h5-6,11,15H,3-4,7-10,12-13,18H2,1-2H3. The van der Waals surface area contributed by atoms with Crippen LogP contribution in [0.2, 0.25) is 0 Å². The van der Waals surface area contributed by atoms with E-state index in [0.717, 1.165) is 45.0 Å². The predicted molar refractivity (Wildman–Crippen MR) is 87.3 cm³/mol. The van der Waals surface area contributed by atoms with Gasteiger partial charge in [-0.25, -0.2) is 4.98 Å². The fourth-order valence-electron chi connectivity index (χ4n) is 3.52. The van der Waals surface area contributed by atoms with E-state index in [0.29, 0.717) is 6.04 Å². The second-order valence-corrected chi connectivity index (χ2v) is 7.31. The third kappa shape index (κ3) is 3.38. The van der Waals surface area contributed by atoms with E-state index in [1.54, 1.807) is 0 Å². The molecule has 0 amide bonds. The lowest BCUT2D eigenvalue weighted by Gasteiger charge is -2.42. The maximum atomic E-state index is 6.21. The van der Waals surface area contributed by atoms with Gasteiger partial charge in [-0.2, -0.15) is 0 Å². The van der Waals surface area contributed by atoms with Gasteiger partial charge in [0, 0.05) is 45.0 Å². The number of rotatable bonds is 3. The van der Waals surface area contributed by atoms with E-state index in [-0.39, 0.29) is 5.41 Å². The molecule has 3 heterocycles. The molecule has 1 aromatic heterocycles. The first kappa shape index (κ1) is 14.8. The smallest absolute Gasteiger partial charge is 0.128 e. The molecule has 4 heteroatoms. The van der Waals surface area contributed by atoms with Gasteiger partial charge >= 0.3 is 0 Å². The van der Waals surface area contributed by atoms with Crippen molar-refractivity contribution in [1.29, 1.82) is 0 Å². The van der Waals surface area contributed by atoms with Gasteiger partial charge in [0.2, 0.25) is 0 Å². The average molecular weight is 288 g/mol. The molecule has 0 bridgehead atoms. The summed E-state index contributed by atoms with van der Waals surface area (Å²) in [6, 6.07) is 4.74. The summed E-state index contributed by atoms with van der Waals surface area (Å²) in [7, 11) is 0. The number of likely N-dealkylation sites (tertiary alicyclic amines) is 1. The normalized spacial score (nSPS) is 26.2. The van der Waals surface area contributed by atoms with Crippen LogP contribution in [-0.2, 0) is 6.54 Å². The monoisotopic (exact) mass is 288 g/mol. The van der Waals surface area contributed by atoms with Crippen LogP contribution in [0.25, 0.3) is 0 Å². The molecule has 116 valence electrons. The van der Waals surface area contributed by atoms with Crippen LogP contribution in [0.15, 0.2) is 18.3 Å². The molecule has 2 fully saturated rings. The molecule has 2 aliphatic heterocycles. The fraction of sp³-hybridized carbons (Fsp3) is 0.706. The first-order valence-electron chi connectivity index (χ1n) is 8.22. The Morgan fingerprint density at radius 3 is 2.62 bits per heavy atom. The molecule has 3 rings (SSSR count). The van der Waals surface area contributed by atoms with Gasteiger partial charge in [-0.15, -0.1) is 0 Å². The number of anilines is 1. The molecular formula is C17H28N4. The Bertz CT molecular complexity index is 462. The zero-order valence-corrected chi connectivity index (χ0v) is 13.4. The number of hydrogen-bond donors (Lipinski definition) is 1. The van der Waals surface area contributed by atoms with Crippen LogP contribution in [-0.4, -0.2) is 42.1 Å². The molecule has 2 saturated heterocycles. The summed E-state index contributed by atoms with van der Waals surface area (Å²) >= 11 is 0. The summed E-state index contributed by atoms with van der Waals surface area (Å²) in [6.07, 6.45) is 5.74. The van der Waals surface area contributed by atoms with Crippen molar-refractivity contribution in [1.82, 2.24) is 9.88 Å². The third-order valence-corrected chi connectivity index (χ3v) is 5.04. The molecule has 0 spiro atoms. The molecule has 2 N–H and O–H groups in total. The van der Waals surface area contributed by atoms with Gasteiger partial charge in [0.05, 0.1) is 0 Å². The molecule has 4 nitrogen and oxygen atoms in total. The van der Waals surface area contributed by atoms with Gasteiger partial charge in [0.15, 0.2) is 0 Å². The van der Waals surface area contributed by atoms with Crippen molar-refractivity contribution in [2.24, 2.45) is 11.1 Å². The van der Waals surface area contributed by atoms with Crippen molar-refractivity contribution in [3.05, 3.63) is 23.9 Å². The topological polar surface area (TPSA) is 45.4 Å². The molecule has 1 unspecified atom stereocenters. The maximum absolute atomic E-state index is 6.21. The van der Waals surface area contributed by atoms with Crippen molar-refractivity contribution in [3.8, 4) is 0 Å². The first-order valence-corrected chi connectivity index (χ1v) is 8.22. The summed E-state index contributed by atoms with van der Waals surface area (Å²) in [5.74, 6) is 1.14. The molecule has 21 heavy (non-hydrogen) atoms. The van der Waals surface area contributed by atoms with E-state index < -0.39 is 0 Å². The molecule has 0 saturated carbocycles. The first-order chi connectivity index (χ1) is 10.0. The van der Waals surface area contributed by atoms with Crippen LogP contribution in [0.3, 0.4) is 0 Å². The van der Waals surface area contributed by atoms with Crippen LogP contribution >= 0.6 is 0 Å². The van der Waals surface area contributed by atoms with Crippen LogP contribution in [0.4, 0.5) is 5.82 Å². The van der Waals surface area contributed by atoms with Crippen molar-refractivity contribution < 1.29 is 0 Å². The quantitative estimate of drug-likeness (QED) is 0.926. The Kier molecular flexibility index (Phi) is 4.18. The molecule has 0 aromatic carbocycles. The van der Waals surface area contributed by atoms with E-state index in [2.05, 4.69) is 47.0 Å². The zero-order chi connectivity index (χ0) is 14.9.